The fraction of sp³-hybridized carbons (Fsp3) is 0.471. The van der Waals surface area contributed by atoms with Crippen molar-refractivity contribution in [2.45, 2.75) is 32.4 Å². The monoisotopic (exact) mass is 302 g/mol. The van der Waals surface area contributed by atoms with E-state index < -0.39 is 0 Å². The lowest BCUT2D eigenvalue weighted by molar-refractivity contribution is 0.0565. The summed E-state index contributed by atoms with van der Waals surface area (Å²) in [7, 11) is 0. The molecule has 1 aromatic heterocycles. The number of benzene rings is 1. The van der Waals surface area contributed by atoms with Gasteiger partial charge in [-0.15, -0.1) is 11.3 Å². The van der Waals surface area contributed by atoms with Crippen LogP contribution in [0.15, 0.2) is 35.7 Å². The Hall–Kier alpha value is -1.23. The van der Waals surface area contributed by atoms with Gasteiger partial charge in [0.25, 0.3) is 0 Å². The van der Waals surface area contributed by atoms with Gasteiger partial charge in [0, 0.05) is 11.9 Å². The molecule has 1 aliphatic rings. The fourth-order valence-corrected chi connectivity index (χ4v) is 3.66. The Bertz CT molecular complexity index is 561. The highest BCUT2D eigenvalue weighted by molar-refractivity contribution is 7.09. The van der Waals surface area contributed by atoms with E-state index in [2.05, 4.69) is 22.2 Å². The van der Waals surface area contributed by atoms with E-state index in [1.807, 2.05) is 30.3 Å². The highest BCUT2D eigenvalue weighted by Gasteiger charge is 2.26. The van der Waals surface area contributed by atoms with Crippen LogP contribution >= 0.6 is 11.3 Å². The number of thiazole rings is 1. The van der Waals surface area contributed by atoms with Gasteiger partial charge in [-0.25, -0.2) is 4.98 Å². The molecule has 3 rings (SSSR count). The molecular weight excluding hydrogens is 280 g/mol. The number of rotatable bonds is 4. The predicted octanol–water partition coefficient (Wildman–Crippen LogP) is 3.40. The third-order valence-electron chi connectivity index (χ3n) is 4.27. The molecule has 4 heteroatoms. The molecule has 1 aromatic carbocycles. The minimum Gasteiger partial charge on any atom is -0.388 e. The zero-order valence-electron chi connectivity index (χ0n) is 12.4. The highest BCUT2D eigenvalue weighted by Crippen LogP contribution is 2.31. The molecule has 0 radical (unpaired) electrons. The summed E-state index contributed by atoms with van der Waals surface area (Å²) >= 11 is 1.72. The summed E-state index contributed by atoms with van der Waals surface area (Å²) in [5.41, 5.74) is 2.23. The van der Waals surface area contributed by atoms with Crippen molar-refractivity contribution in [2.24, 2.45) is 5.92 Å². The summed E-state index contributed by atoms with van der Waals surface area (Å²) in [6, 6.07) is 10.0. The number of piperidine rings is 1. The van der Waals surface area contributed by atoms with Gasteiger partial charge < -0.3 is 5.11 Å². The van der Waals surface area contributed by atoms with Crippen molar-refractivity contribution in [1.29, 1.82) is 0 Å². The average molecular weight is 302 g/mol. The molecule has 0 amide bonds. The Morgan fingerprint density at radius 3 is 2.62 bits per heavy atom. The first-order chi connectivity index (χ1) is 10.2. The van der Waals surface area contributed by atoms with Crippen molar-refractivity contribution < 1.29 is 5.11 Å². The van der Waals surface area contributed by atoms with E-state index >= 15 is 0 Å². The van der Waals surface area contributed by atoms with E-state index in [0.717, 1.165) is 43.0 Å². The Morgan fingerprint density at radius 2 is 2.00 bits per heavy atom. The van der Waals surface area contributed by atoms with E-state index in [4.69, 9.17) is 0 Å². The maximum Gasteiger partial charge on any atom is 0.0897 e. The van der Waals surface area contributed by atoms with Crippen LogP contribution in [0.25, 0.3) is 0 Å². The summed E-state index contributed by atoms with van der Waals surface area (Å²) in [6.45, 7) is 5.09. The summed E-state index contributed by atoms with van der Waals surface area (Å²) < 4.78 is 0. The lowest BCUT2D eigenvalue weighted by Gasteiger charge is -2.34. The van der Waals surface area contributed by atoms with Gasteiger partial charge in [0.05, 0.1) is 16.8 Å². The number of hydrogen-bond donors (Lipinski definition) is 1. The maximum atomic E-state index is 10.5. The standard InChI is InChI=1S/C17H22N2OS/c1-13-18-16(12-21-13)11-19-9-7-15(8-10-19)17(20)14-5-3-2-4-6-14/h2-6,12,15,17,20H,7-11H2,1H3. The zero-order valence-corrected chi connectivity index (χ0v) is 13.2. The van der Waals surface area contributed by atoms with Crippen LogP contribution in [0.3, 0.4) is 0 Å². The predicted molar refractivity (Wildman–Crippen MR) is 86.3 cm³/mol. The van der Waals surface area contributed by atoms with Gasteiger partial charge >= 0.3 is 0 Å². The minimum absolute atomic E-state index is 0.324. The lowest BCUT2D eigenvalue weighted by Crippen LogP contribution is -2.35. The van der Waals surface area contributed by atoms with Crippen molar-refractivity contribution in [3.8, 4) is 0 Å². The van der Waals surface area contributed by atoms with Crippen LogP contribution in [0, 0.1) is 12.8 Å². The molecule has 1 unspecified atom stereocenters. The molecule has 2 aromatic rings. The van der Waals surface area contributed by atoms with Crippen LogP contribution in [-0.4, -0.2) is 28.1 Å². The van der Waals surface area contributed by atoms with E-state index in [0.29, 0.717) is 5.92 Å². The average Bonchev–Trinajstić information content (AvgIpc) is 2.93. The Morgan fingerprint density at radius 1 is 1.29 bits per heavy atom. The van der Waals surface area contributed by atoms with Gasteiger partial charge in [0.2, 0.25) is 0 Å². The lowest BCUT2D eigenvalue weighted by atomic mass is 9.87. The van der Waals surface area contributed by atoms with E-state index in [9.17, 15) is 5.11 Å². The number of aromatic nitrogens is 1. The number of hydrogen-bond acceptors (Lipinski definition) is 4. The highest BCUT2D eigenvalue weighted by atomic mass is 32.1. The quantitative estimate of drug-likeness (QED) is 0.940. The van der Waals surface area contributed by atoms with E-state index in [1.54, 1.807) is 11.3 Å². The maximum absolute atomic E-state index is 10.5. The van der Waals surface area contributed by atoms with Gasteiger partial charge in [-0.05, 0) is 44.3 Å². The third-order valence-corrected chi connectivity index (χ3v) is 5.09. The molecular formula is C17H22N2OS. The molecule has 1 aliphatic heterocycles. The van der Waals surface area contributed by atoms with Crippen LogP contribution in [0.5, 0.6) is 0 Å². The number of aliphatic hydroxyl groups excluding tert-OH is 1. The van der Waals surface area contributed by atoms with Crippen LogP contribution < -0.4 is 0 Å². The summed E-state index contributed by atoms with van der Waals surface area (Å²) in [6.07, 6.45) is 1.79. The first-order valence-corrected chi connectivity index (χ1v) is 8.46. The third kappa shape index (κ3) is 3.70. The molecule has 1 saturated heterocycles. The Labute approximate surface area is 130 Å². The van der Waals surface area contributed by atoms with Crippen molar-refractivity contribution in [2.75, 3.05) is 13.1 Å². The number of aliphatic hydroxyl groups is 1. The smallest absolute Gasteiger partial charge is 0.0897 e. The summed E-state index contributed by atoms with van der Waals surface area (Å²) in [5, 5.41) is 13.8. The molecule has 1 fully saturated rings. The molecule has 0 saturated carbocycles. The molecule has 21 heavy (non-hydrogen) atoms. The molecule has 3 nitrogen and oxygen atoms in total. The van der Waals surface area contributed by atoms with Gasteiger partial charge in [0.1, 0.15) is 0 Å². The van der Waals surface area contributed by atoms with Crippen molar-refractivity contribution in [1.82, 2.24) is 9.88 Å². The minimum atomic E-state index is -0.324. The van der Waals surface area contributed by atoms with Gasteiger partial charge in [-0.1, -0.05) is 30.3 Å². The largest absolute Gasteiger partial charge is 0.388 e. The second kappa shape index (κ2) is 6.69. The summed E-state index contributed by atoms with van der Waals surface area (Å²) in [5.74, 6) is 0.376. The van der Waals surface area contributed by atoms with Crippen LogP contribution in [-0.2, 0) is 6.54 Å². The van der Waals surface area contributed by atoms with Crippen molar-refractivity contribution in [3.63, 3.8) is 0 Å². The molecule has 0 aliphatic carbocycles. The molecule has 1 atom stereocenters. The normalized spacial score (nSPS) is 18.8. The van der Waals surface area contributed by atoms with Crippen molar-refractivity contribution >= 4 is 11.3 Å². The SMILES string of the molecule is Cc1nc(CN2CCC(C(O)c3ccccc3)CC2)cs1. The number of likely N-dealkylation sites (tertiary alicyclic amines) is 1. The van der Waals surface area contributed by atoms with Crippen LogP contribution in [0.1, 0.15) is 35.2 Å². The molecule has 0 bridgehead atoms. The zero-order chi connectivity index (χ0) is 14.7. The Balaban J connectivity index is 1.53. The second-order valence-corrected chi connectivity index (χ2v) is 6.89. The molecule has 2 heterocycles. The fourth-order valence-electron chi connectivity index (χ4n) is 3.06. The topological polar surface area (TPSA) is 36.4 Å². The first-order valence-electron chi connectivity index (χ1n) is 7.59. The second-order valence-electron chi connectivity index (χ2n) is 5.83. The number of nitrogens with zero attached hydrogens (tertiary/aromatic N) is 2. The van der Waals surface area contributed by atoms with Crippen LogP contribution in [0.4, 0.5) is 0 Å². The van der Waals surface area contributed by atoms with E-state index in [-0.39, 0.29) is 6.10 Å². The molecule has 112 valence electrons. The Kier molecular flexibility index (Phi) is 4.68. The first kappa shape index (κ1) is 14.7. The van der Waals surface area contributed by atoms with Crippen LogP contribution in [0.2, 0.25) is 0 Å². The summed E-state index contributed by atoms with van der Waals surface area (Å²) in [4.78, 5) is 6.98. The van der Waals surface area contributed by atoms with Crippen molar-refractivity contribution in [3.05, 3.63) is 52.0 Å². The number of aryl methyl sites for hydroxylation is 1. The van der Waals surface area contributed by atoms with Gasteiger partial charge in [0.15, 0.2) is 0 Å². The van der Waals surface area contributed by atoms with Gasteiger partial charge in [-0.3, -0.25) is 4.90 Å². The van der Waals surface area contributed by atoms with Gasteiger partial charge in [-0.2, -0.15) is 0 Å². The molecule has 0 spiro atoms. The van der Waals surface area contributed by atoms with E-state index in [1.165, 1.54) is 5.69 Å². The molecule has 1 N–H and O–H groups in total.